The van der Waals surface area contributed by atoms with Gasteiger partial charge in [-0.15, -0.1) is 0 Å². The molecule has 4 heteroatoms. The summed E-state index contributed by atoms with van der Waals surface area (Å²) in [5.74, 6) is -0.00948. The predicted octanol–water partition coefficient (Wildman–Crippen LogP) is 3.82. The van der Waals surface area contributed by atoms with E-state index in [1.165, 1.54) is 0 Å². The molecule has 134 valence electrons. The van der Waals surface area contributed by atoms with Crippen molar-refractivity contribution in [3.8, 4) is 0 Å². The van der Waals surface area contributed by atoms with Crippen LogP contribution in [0.1, 0.15) is 45.0 Å². The zero-order valence-corrected chi connectivity index (χ0v) is 18.1. The van der Waals surface area contributed by atoms with Gasteiger partial charge in [-0.1, -0.05) is 57.2 Å². The van der Waals surface area contributed by atoms with Gasteiger partial charge in [0.2, 0.25) is 0 Å². The highest BCUT2D eigenvalue weighted by Crippen LogP contribution is 2.37. The molecule has 2 aromatic carbocycles. The monoisotopic (exact) mass is 355 g/mol. The van der Waals surface area contributed by atoms with Gasteiger partial charge in [-0.3, -0.25) is 4.79 Å². The van der Waals surface area contributed by atoms with Crippen LogP contribution < -0.4 is 4.90 Å². The molecule has 0 aliphatic rings. The van der Waals surface area contributed by atoms with Crippen molar-refractivity contribution in [3.05, 3.63) is 66.2 Å². The Balaban J connectivity index is 2.57. The van der Waals surface area contributed by atoms with Crippen LogP contribution >= 0.6 is 0 Å². The summed E-state index contributed by atoms with van der Waals surface area (Å²) >= 11 is 0. The first-order valence-electron chi connectivity index (χ1n) is 8.67. The molecule has 1 atom stereocenters. The van der Waals surface area contributed by atoms with E-state index in [2.05, 4.69) is 34.6 Å². The predicted molar refractivity (Wildman–Crippen MR) is 108 cm³/mol. The fraction of sp³-hybridized carbons (Fsp3) is 0.381. The maximum absolute atomic E-state index is 13.4. The van der Waals surface area contributed by atoms with Crippen LogP contribution in [0.4, 0.5) is 5.69 Å². The highest BCUT2D eigenvalue weighted by atomic mass is 28.2. The average Bonchev–Trinajstić information content (AvgIpc) is 2.55. The number of rotatable bonds is 5. The summed E-state index contributed by atoms with van der Waals surface area (Å²) in [4.78, 5) is 15.3. The van der Waals surface area contributed by atoms with Gasteiger partial charge in [-0.05, 0) is 43.5 Å². The molecule has 1 unspecified atom stereocenters. The van der Waals surface area contributed by atoms with Crippen molar-refractivity contribution in [3.63, 3.8) is 0 Å². The highest BCUT2D eigenvalue weighted by Gasteiger charge is 2.44. The van der Waals surface area contributed by atoms with Gasteiger partial charge in [0.05, 0.1) is 11.6 Å². The van der Waals surface area contributed by atoms with Crippen LogP contribution in [0.5, 0.6) is 0 Å². The first kappa shape index (κ1) is 19.4. The number of hydrogen-bond donors (Lipinski definition) is 0. The van der Waals surface area contributed by atoms with Gasteiger partial charge in [0, 0.05) is 11.3 Å². The molecule has 25 heavy (non-hydrogen) atoms. The summed E-state index contributed by atoms with van der Waals surface area (Å²) in [5.41, 5.74) is 0.971. The molecule has 0 spiro atoms. The summed E-state index contributed by atoms with van der Waals surface area (Å²) in [6.07, 6.45) is -0.0838. The normalized spacial score (nSPS) is 13.5. The lowest BCUT2D eigenvalue weighted by Gasteiger charge is -2.48. The van der Waals surface area contributed by atoms with Gasteiger partial charge in [0.15, 0.2) is 0 Å². The molecule has 0 bridgehead atoms. The summed E-state index contributed by atoms with van der Waals surface area (Å²) in [6, 6.07) is 19.3. The Kier molecular flexibility index (Phi) is 5.86. The third-order valence-corrected chi connectivity index (χ3v) is 4.95. The zero-order chi connectivity index (χ0) is 18.7. The van der Waals surface area contributed by atoms with E-state index in [9.17, 15) is 4.79 Å². The molecule has 0 fully saturated rings. The summed E-state index contributed by atoms with van der Waals surface area (Å²) in [5, 5.41) is 0. The Bertz CT molecular complexity index is 693. The Hall–Kier alpha value is -1.91. The van der Waals surface area contributed by atoms with E-state index >= 15 is 0 Å². The molecule has 0 radical (unpaired) electrons. The maximum atomic E-state index is 13.4. The molecule has 0 aromatic heterocycles. The number of carbonyl (C=O) groups excluding carboxylic acids is 1. The lowest BCUT2D eigenvalue weighted by atomic mass is 9.77. The molecule has 3 nitrogen and oxygen atoms in total. The number of para-hydroxylation sites is 1. The van der Waals surface area contributed by atoms with Crippen LogP contribution in [0.2, 0.25) is 0 Å². The standard InChI is InChI=1S/C21H29NO2Si/c1-20(2,3)19(24-25)21(4,5)22(17-14-10-7-11-15-17)18(23)16-12-8-6-9-13-16/h6-15,19H,1-5,25H3. The fourth-order valence-electron chi connectivity index (χ4n) is 3.82. The molecule has 0 heterocycles. The largest absolute Gasteiger partial charge is 0.422 e. The van der Waals surface area contributed by atoms with Gasteiger partial charge < -0.3 is 9.33 Å². The Morgan fingerprint density at radius 3 is 1.84 bits per heavy atom. The molecule has 2 aromatic rings. The van der Waals surface area contributed by atoms with Crippen LogP contribution in [0.15, 0.2) is 60.7 Å². The molecule has 0 aliphatic carbocycles. The minimum Gasteiger partial charge on any atom is -0.422 e. The van der Waals surface area contributed by atoms with E-state index in [1.54, 1.807) is 0 Å². The van der Waals surface area contributed by atoms with Crippen molar-refractivity contribution in [2.45, 2.75) is 46.3 Å². The van der Waals surface area contributed by atoms with E-state index in [0.717, 1.165) is 5.69 Å². The lowest BCUT2D eigenvalue weighted by Crippen LogP contribution is -2.60. The van der Waals surface area contributed by atoms with Crippen LogP contribution in [0.25, 0.3) is 0 Å². The van der Waals surface area contributed by atoms with Crippen molar-refractivity contribution < 1.29 is 9.22 Å². The molecule has 0 N–H and O–H groups in total. The van der Waals surface area contributed by atoms with Crippen LogP contribution in [-0.2, 0) is 4.43 Å². The van der Waals surface area contributed by atoms with Crippen LogP contribution in [0.3, 0.4) is 0 Å². The molecule has 2 rings (SSSR count). The van der Waals surface area contributed by atoms with Crippen molar-refractivity contribution in [2.75, 3.05) is 4.90 Å². The van der Waals surface area contributed by atoms with E-state index in [1.807, 2.05) is 65.6 Å². The SMILES string of the molecule is CC(C)(C)C(O[SiH3])C(C)(C)N(C(=O)c1ccccc1)c1ccccc1. The Labute approximate surface area is 154 Å². The van der Waals surface area contributed by atoms with Gasteiger partial charge >= 0.3 is 0 Å². The Morgan fingerprint density at radius 2 is 1.40 bits per heavy atom. The Morgan fingerprint density at radius 1 is 0.920 bits per heavy atom. The summed E-state index contributed by atoms with van der Waals surface area (Å²) in [7, 11) is 0.620. The zero-order valence-electron chi connectivity index (χ0n) is 16.1. The van der Waals surface area contributed by atoms with Gasteiger partial charge in [-0.25, -0.2) is 0 Å². The minimum absolute atomic E-state index is 0.00948. The number of amides is 1. The van der Waals surface area contributed by atoms with Gasteiger partial charge in [-0.2, -0.15) is 0 Å². The number of anilines is 1. The first-order valence-corrected chi connectivity index (χ1v) is 9.48. The molecule has 0 saturated carbocycles. The summed E-state index contributed by atoms with van der Waals surface area (Å²) < 4.78 is 6.01. The van der Waals surface area contributed by atoms with Crippen molar-refractivity contribution >= 4 is 22.1 Å². The molecular weight excluding hydrogens is 326 g/mol. The second-order valence-electron chi connectivity index (χ2n) is 7.98. The molecule has 0 aliphatic heterocycles. The minimum atomic E-state index is -0.506. The number of carbonyl (C=O) groups is 1. The number of benzene rings is 2. The van der Waals surface area contributed by atoms with Crippen molar-refractivity contribution in [1.29, 1.82) is 0 Å². The lowest BCUT2D eigenvalue weighted by molar-refractivity contribution is 0.0331. The second-order valence-corrected chi connectivity index (χ2v) is 8.45. The molecular formula is C21H29NO2Si. The first-order chi connectivity index (χ1) is 11.7. The fourth-order valence-corrected chi connectivity index (χ4v) is 5.10. The second kappa shape index (κ2) is 7.54. The third-order valence-electron chi connectivity index (χ3n) is 4.48. The smallest absolute Gasteiger partial charge is 0.258 e. The van der Waals surface area contributed by atoms with E-state index in [-0.39, 0.29) is 17.4 Å². The number of nitrogens with zero attached hydrogens (tertiary/aromatic N) is 1. The topological polar surface area (TPSA) is 29.5 Å². The average molecular weight is 356 g/mol. The van der Waals surface area contributed by atoms with E-state index in [0.29, 0.717) is 16.0 Å². The maximum Gasteiger partial charge on any atom is 0.258 e. The van der Waals surface area contributed by atoms with E-state index in [4.69, 9.17) is 4.43 Å². The summed E-state index contributed by atoms with van der Waals surface area (Å²) in [6.45, 7) is 10.7. The van der Waals surface area contributed by atoms with Crippen molar-refractivity contribution in [1.82, 2.24) is 0 Å². The van der Waals surface area contributed by atoms with Gasteiger partial charge in [0.25, 0.3) is 5.91 Å². The third kappa shape index (κ3) is 4.20. The quantitative estimate of drug-likeness (QED) is 0.763. The number of hydrogen-bond acceptors (Lipinski definition) is 2. The highest BCUT2D eigenvalue weighted by molar-refractivity contribution is 6.07. The molecule has 1 amide bonds. The van der Waals surface area contributed by atoms with Crippen LogP contribution in [-0.4, -0.2) is 28.0 Å². The van der Waals surface area contributed by atoms with Crippen molar-refractivity contribution in [2.24, 2.45) is 5.41 Å². The van der Waals surface area contributed by atoms with E-state index < -0.39 is 5.54 Å². The van der Waals surface area contributed by atoms with Crippen LogP contribution in [0, 0.1) is 5.41 Å². The molecule has 0 saturated heterocycles. The van der Waals surface area contributed by atoms with Gasteiger partial charge in [0.1, 0.15) is 10.5 Å².